The van der Waals surface area contributed by atoms with Crippen molar-refractivity contribution in [1.29, 1.82) is 0 Å². The number of aryl methyl sites for hydroxylation is 2. The number of hydrogen-bond donors (Lipinski definition) is 0. The molecule has 0 spiro atoms. The Hall–Kier alpha value is -2.57. The standard InChI is InChI=1S/C27H34N2O3S/c1-18-17-22(31-5)19(2)26-23(18)24(27(33-26)28(3)4)25(30)20-9-11-21(12-10-20)32-16-15-29-13-7-6-8-14-29/h9-12,17H,6-8,13-16H2,1-5H3. The molecule has 0 atom stereocenters. The van der Waals surface area contributed by atoms with Gasteiger partial charge in [-0.1, -0.05) is 6.42 Å². The summed E-state index contributed by atoms with van der Waals surface area (Å²) < 4.78 is 12.6. The van der Waals surface area contributed by atoms with E-state index in [0.29, 0.717) is 12.2 Å². The number of carbonyl (C=O) groups is 1. The zero-order chi connectivity index (χ0) is 23.5. The SMILES string of the molecule is COc1cc(C)c2c(C(=O)c3ccc(OCCN4CCCCC4)cc3)c(N(C)C)sc2c1C. The Labute approximate surface area is 200 Å². The van der Waals surface area contributed by atoms with Crippen molar-refractivity contribution in [3.05, 3.63) is 52.6 Å². The molecule has 176 valence electrons. The van der Waals surface area contributed by atoms with E-state index in [-0.39, 0.29) is 5.78 Å². The average molecular weight is 467 g/mol. The second-order valence-electron chi connectivity index (χ2n) is 9.01. The topological polar surface area (TPSA) is 42.0 Å². The summed E-state index contributed by atoms with van der Waals surface area (Å²) in [6.45, 7) is 8.07. The lowest BCUT2D eigenvalue weighted by Crippen LogP contribution is -2.33. The molecule has 2 aromatic carbocycles. The highest BCUT2D eigenvalue weighted by molar-refractivity contribution is 7.23. The van der Waals surface area contributed by atoms with Gasteiger partial charge < -0.3 is 14.4 Å². The normalized spacial score (nSPS) is 14.5. The zero-order valence-corrected chi connectivity index (χ0v) is 21.2. The van der Waals surface area contributed by atoms with Gasteiger partial charge in [-0.2, -0.15) is 0 Å². The summed E-state index contributed by atoms with van der Waals surface area (Å²) in [7, 11) is 5.67. The Morgan fingerprint density at radius 1 is 1.09 bits per heavy atom. The number of anilines is 1. The van der Waals surface area contributed by atoms with E-state index in [2.05, 4.69) is 11.8 Å². The number of likely N-dealkylation sites (tertiary alicyclic amines) is 1. The van der Waals surface area contributed by atoms with E-state index in [1.165, 1.54) is 32.4 Å². The third-order valence-corrected chi connectivity index (χ3v) is 7.91. The van der Waals surface area contributed by atoms with Gasteiger partial charge in [0.1, 0.15) is 23.1 Å². The first-order valence-corrected chi connectivity index (χ1v) is 12.5. The molecule has 1 aliphatic heterocycles. The largest absolute Gasteiger partial charge is 0.496 e. The number of carbonyl (C=O) groups excluding carboxylic acids is 1. The van der Waals surface area contributed by atoms with Crippen molar-refractivity contribution in [3.8, 4) is 11.5 Å². The van der Waals surface area contributed by atoms with Crippen LogP contribution in [-0.2, 0) is 0 Å². The molecular formula is C27H34N2O3S. The van der Waals surface area contributed by atoms with Gasteiger partial charge in [0.2, 0.25) is 0 Å². The van der Waals surface area contributed by atoms with Crippen LogP contribution in [0.4, 0.5) is 5.00 Å². The fourth-order valence-corrected chi connectivity index (χ4v) is 5.90. The molecule has 0 unspecified atom stereocenters. The monoisotopic (exact) mass is 466 g/mol. The molecule has 1 fully saturated rings. The fraction of sp³-hybridized carbons (Fsp3) is 0.444. The second-order valence-corrected chi connectivity index (χ2v) is 10.0. The molecule has 1 aromatic heterocycles. The fourth-order valence-electron chi connectivity index (χ4n) is 4.61. The van der Waals surface area contributed by atoms with Gasteiger partial charge in [-0.05, 0) is 75.7 Å². The lowest BCUT2D eigenvalue weighted by Gasteiger charge is -2.26. The van der Waals surface area contributed by atoms with Crippen LogP contribution in [0.1, 0.15) is 46.3 Å². The third kappa shape index (κ3) is 4.87. The lowest BCUT2D eigenvalue weighted by molar-refractivity contribution is 0.104. The summed E-state index contributed by atoms with van der Waals surface area (Å²) >= 11 is 1.65. The molecule has 0 amide bonds. The summed E-state index contributed by atoms with van der Waals surface area (Å²) in [6, 6.07) is 9.61. The van der Waals surface area contributed by atoms with Gasteiger partial charge in [-0.15, -0.1) is 11.3 Å². The van der Waals surface area contributed by atoms with Crippen molar-refractivity contribution in [2.45, 2.75) is 33.1 Å². The van der Waals surface area contributed by atoms with Gasteiger partial charge in [0.25, 0.3) is 0 Å². The van der Waals surface area contributed by atoms with Crippen LogP contribution >= 0.6 is 11.3 Å². The zero-order valence-electron chi connectivity index (χ0n) is 20.4. The Kier molecular flexibility index (Phi) is 7.25. The van der Waals surface area contributed by atoms with Crippen LogP contribution in [0.15, 0.2) is 30.3 Å². The predicted molar refractivity (Wildman–Crippen MR) is 138 cm³/mol. The summed E-state index contributed by atoms with van der Waals surface area (Å²) in [5.74, 6) is 1.71. The van der Waals surface area contributed by atoms with Gasteiger partial charge in [0.05, 0.1) is 12.7 Å². The molecule has 4 rings (SSSR count). The first kappa shape index (κ1) is 23.6. The Bertz CT molecular complexity index is 1130. The summed E-state index contributed by atoms with van der Waals surface area (Å²) in [5.41, 5.74) is 3.57. The number of piperidine rings is 1. The van der Waals surface area contributed by atoms with Gasteiger partial charge in [-0.25, -0.2) is 0 Å². The number of ether oxygens (including phenoxy) is 2. The Morgan fingerprint density at radius 3 is 2.42 bits per heavy atom. The molecule has 3 aromatic rings. The van der Waals surface area contributed by atoms with Crippen LogP contribution in [0, 0.1) is 13.8 Å². The van der Waals surface area contributed by atoms with Gasteiger partial charge in [-0.3, -0.25) is 9.69 Å². The third-order valence-electron chi connectivity index (χ3n) is 6.44. The maximum atomic E-state index is 13.7. The van der Waals surface area contributed by atoms with Gasteiger partial charge >= 0.3 is 0 Å². The molecule has 33 heavy (non-hydrogen) atoms. The smallest absolute Gasteiger partial charge is 0.196 e. The van der Waals surface area contributed by atoms with Crippen LogP contribution in [0.5, 0.6) is 11.5 Å². The van der Waals surface area contributed by atoms with Crippen molar-refractivity contribution in [3.63, 3.8) is 0 Å². The van der Waals surface area contributed by atoms with E-state index >= 15 is 0 Å². The summed E-state index contributed by atoms with van der Waals surface area (Å²) in [4.78, 5) is 18.2. The van der Waals surface area contributed by atoms with Crippen molar-refractivity contribution < 1.29 is 14.3 Å². The van der Waals surface area contributed by atoms with Gasteiger partial charge in [0, 0.05) is 41.9 Å². The molecular weight excluding hydrogens is 432 g/mol. The number of hydrogen-bond acceptors (Lipinski definition) is 6. The van der Waals surface area contributed by atoms with Crippen molar-refractivity contribution >= 4 is 32.2 Å². The minimum absolute atomic E-state index is 0.0393. The maximum absolute atomic E-state index is 13.7. The maximum Gasteiger partial charge on any atom is 0.196 e. The lowest BCUT2D eigenvalue weighted by atomic mass is 9.97. The summed E-state index contributed by atoms with van der Waals surface area (Å²) in [6.07, 6.45) is 3.91. The number of rotatable bonds is 8. The quantitative estimate of drug-likeness (QED) is 0.399. The van der Waals surface area contributed by atoms with Crippen LogP contribution < -0.4 is 14.4 Å². The highest BCUT2D eigenvalue weighted by Crippen LogP contribution is 2.44. The Morgan fingerprint density at radius 2 is 1.79 bits per heavy atom. The van der Waals surface area contributed by atoms with E-state index in [4.69, 9.17) is 9.47 Å². The van der Waals surface area contributed by atoms with Crippen LogP contribution in [-0.4, -0.2) is 58.1 Å². The predicted octanol–water partition coefficient (Wildman–Crippen LogP) is 5.69. The molecule has 0 radical (unpaired) electrons. The van der Waals surface area contributed by atoms with E-state index in [1.54, 1.807) is 18.4 Å². The summed E-state index contributed by atoms with van der Waals surface area (Å²) in [5, 5.41) is 1.99. The number of fused-ring (bicyclic) bond motifs is 1. The molecule has 0 saturated carbocycles. The number of methoxy groups -OCH3 is 1. The van der Waals surface area contributed by atoms with E-state index in [9.17, 15) is 4.79 Å². The minimum atomic E-state index is 0.0393. The molecule has 0 bridgehead atoms. The van der Waals surface area contributed by atoms with E-state index in [0.717, 1.165) is 49.8 Å². The van der Waals surface area contributed by atoms with E-state index < -0.39 is 0 Å². The molecule has 5 nitrogen and oxygen atoms in total. The minimum Gasteiger partial charge on any atom is -0.496 e. The van der Waals surface area contributed by atoms with Gasteiger partial charge in [0.15, 0.2) is 5.78 Å². The molecule has 0 N–H and O–H groups in total. The first-order chi connectivity index (χ1) is 15.9. The van der Waals surface area contributed by atoms with Crippen LogP contribution in [0.2, 0.25) is 0 Å². The molecule has 2 heterocycles. The molecule has 0 aliphatic carbocycles. The highest BCUT2D eigenvalue weighted by Gasteiger charge is 2.25. The number of benzene rings is 2. The molecule has 6 heteroatoms. The van der Waals surface area contributed by atoms with Crippen molar-refractivity contribution in [1.82, 2.24) is 4.90 Å². The van der Waals surface area contributed by atoms with Crippen molar-refractivity contribution in [2.24, 2.45) is 0 Å². The highest BCUT2D eigenvalue weighted by atomic mass is 32.1. The second kappa shape index (κ2) is 10.1. The Balaban J connectivity index is 1.57. The number of nitrogens with zero attached hydrogens (tertiary/aromatic N) is 2. The number of ketones is 1. The molecule has 1 saturated heterocycles. The van der Waals surface area contributed by atoms with Crippen LogP contribution in [0.3, 0.4) is 0 Å². The average Bonchev–Trinajstić information content (AvgIpc) is 3.24. The first-order valence-electron chi connectivity index (χ1n) is 11.7. The molecule has 1 aliphatic rings. The van der Waals surface area contributed by atoms with Crippen molar-refractivity contribution in [2.75, 3.05) is 52.3 Å². The van der Waals surface area contributed by atoms with Crippen LogP contribution in [0.25, 0.3) is 10.1 Å². The number of thiophene rings is 1. The van der Waals surface area contributed by atoms with E-state index in [1.807, 2.05) is 56.3 Å².